The van der Waals surface area contributed by atoms with E-state index in [4.69, 9.17) is 4.42 Å². The summed E-state index contributed by atoms with van der Waals surface area (Å²) in [5.41, 5.74) is 1.38. The Hall–Kier alpha value is -2.88. The number of nitrogens with one attached hydrogen (secondary N) is 1. The van der Waals surface area contributed by atoms with Gasteiger partial charge in [0.25, 0.3) is 0 Å². The van der Waals surface area contributed by atoms with E-state index in [0.29, 0.717) is 16.8 Å². The van der Waals surface area contributed by atoms with Crippen LogP contribution in [0.2, 0.25) is 0 Å². The van der Waals surface area contributed by atoms with E-state index < -0.39 is 0 Å². The molecule has 2 heterocycles. The molecule has 0 spiro atoms. The lowest BCUT2D eigenvalue weighted by molar-refractivity contribution is 0.563. The first-order chi connectivity index (χ1) is 9.81. The van der Waals surface area contributed by atoms with Crippen LogP contribution in [0.15, 0.2) is 63.9 Å². The van der Waals surface area contributed by atoms with Crippen LogP contribution in [0, 0.1) is 0 Å². The smallest absolute Gasteiger partial charge is 0.345 e. The van der Waals surface area contributed by atoms with Gasteiger partial charge in [0.15, 0.2) is 0 Å². The molecule has 4 heteroatoms. The second-order valence-electron chi connectivity index (χ2n) is 4.66. The molecule has 0 saturated carbocycles. The van der Waals surface area contributed by atoms with Gasteiger partial charge in [0, 0.05) is 11.6 Å². The Bertz CT molecular complexity index is 969. The molecule has 0 aliphatic carbocycles. The SMILES string of the molecule is O=c1oc2cc3ccccc3cc2cc1-c1ccn[nH]1. The molecule has 0 amide bonds. The number of aromatic nitrogens is 2. The maximum atomic E-state index is 12.1. The minimum absolute atomic E-state index is 0.364. The van der Waals surface area contributed by atoms with E-state index in [2.05, 4.69) is 10.2 Å². The molecule has 0 saturated heterocycles. The van der Waals surface area contributed by atoms with E-state index in [0.717, 1.165) is 16.2 Å². The van der Waals surface area contributed by atoms with Gasteiger partial charge in [-0.05, 0) is 35.0 Å². The highest BCUT2D eigenvalue weighted by Crippen LogP contribution is 2.24. The second-order valence-corrected chi connectivity index (χ2v) is 4.66. The summed E-state index contributed by atoms with van der Waals surface area (Å²) in [6, 6.07) is 15.5. The van der Waals surface area contributed by atoms with Crippen LogP contribution in [-0.2, 0) is 0 Å². The molecule has 0 atom stereocenters. The summed E-state index contributed by atoms with van der Waals surface area (Å²) in [5, 5.41) is 9.71. The Morgan fingerprint density at radius 3 is 2.50 bits per heavy atom. The van der Waals surface area contributed by atoms with Crippen LogP contribution in [-0.4, -0.2) is 10.2 Å². The van der Waals surface area contributed by atoms with Gasteiger partial charge in [0.2, 0.25) is 0 Å². The van der Waals surface area contributed by atoms with Crippen molar-refractivity contribution in [2.24, 2.45) is 0 Å². The predicted octanol–water partition coefficient (Wildman–Crippen LogP) is 3.34. The van der Waals surface area contributed by atoms with Gasteiger partial charge in [-0.25, -0.2) is 4.79 Å². The number of fused-ring (bicyclic) bond motifs is 2. The van der Waals surface area contributed by atoms with E-state index in [1.807, 2.05) is 42.5 Å². The lowest BCUT2D eigenvalue weighted by atomic mass is 10.1. The van der Waals surface area contributed by atoms with Crippen molar-refractivity contribution in [2.75, 3.05) is 0 Å². The van der Waals surface area contributed by atoms with Gasteiger partial charge in [0.1, 0.15) is 5.58 Å². The Balaban J connectivity index is 2.08. The van der Waals surface area contributed by atoms with Crippen LogP contribution >= 0.6 is 0 Å². The number of H-pyrrole nitrogens is 1. The molecular weight excluding hydrogens is 252 g/mol. The first-order valence-corrected chi connectivity index (χ1v) is 6.28. The monoisotopic (exact) mass is 262 g/mol. The predicted molar refractivity (Wildman–Crippen MR) is 77.6 cm³/mol. The van der Waals surface area contributed by atoms with Gasteiger partial charge in [0.05, 0.1) is 11.3 Å². The summed E-state index contributed by atoms with van der Waals surface area (Å²) >= 11 is 0. The average Bonchev–Trinajstić information content (AvgIpc) is 2.98. The van der Waals surface area contributed by atoms with Crippen LogP contribution < -0.4 is 5.63 Å². The van der Waals surface area contributed by atoms with Crippen LogP contribution in [0.5, 0.6) is 0 Å². The maximum absolute atomic E-state index is 12.1. The molecule has 0 fully saturated rings. The Morgan fingerprint density at radius 2 is 1.75 bits per heavy atom. The highest BCUT2D eigenvalue weighted by molar-refractivity contribution is 5.96. The van der Waals surface area contributed by atoms with Crippen molar-refractivity contribution in [1.82, 2.24) is 10.2 Å². The molecule has 0 aliphatic heterocycles. The minimum Gasteiger partial charge on any atom is -0.422 e. The highest BCUT2D eigenvalue weighted by Gasteiger charge is 2.09. The molecule has 0 radical (unpaired) electrons. The fraction of sp³-hybridized carbons (Fsp3) is 0. The van der Waals surface area contributed by atoms with Crippen molar-refractivity contribution in [1.29, 1.82) is 0 Å². The Morgan fingerprint density at radius 1 is 0.950 bits per heavy atom. The normalized spacial score (nSPS) is 11.2. The van der Waals surface area contributed by atoms with E-state index in [1.165, 1.54) is 0 Å². The van der Waals surface area contributed by atoms with Crippen molar-refractivity contribution in [3.63, 3.8) is 0 Å². The number of benzene rings is 2. The molecule has 4 aromatic rings. The number of nitrogens with zero attached hydrogens (tertiary/aromatic N) is 1. The van der Waals surface area contributed by atoms with Crippen LogP contribution in [0.1, 0.15) is 0 Å². The average molecular weight is 262 g/mol. The number of hydrogen-bond donors (Lipinski definition) is 1. The van der Waals surface area contributed by atoms with Crippen molar-refractivity contribution >= 4 is 21.7 Å². The summed E-state index contributed by atoms with van der Waals surface area (Å²) in [5.74, 6) is 0. The summed E-state index contributed by atoms with van der Waals surface area (Å²) in [6.45, 7) is 0. The molecule has 2 aromatic carbocycles. The van der Waals surface area contributed by atoms with Crippen molar-refractivity contribution in [2.45, 2.75) is 0 Å². The van der Waals surface area contributed by atoms with Gasteiger partial charge in [-0.15, -0.1) is 0 Å². The molecule has 0 bridgehead atoms. The molecule has 1 N–H and O–H groups in total. The first kappa shape index (κ1) is 11.0. The fourth-order valence-electron chi connectivity index (χ4n) is 2.40. The zero-order chi connectivity index (χ0) is 13.5. The quantitative estimate of drug-likeness (QED) is 0.423. The van der Waals surface area contributed by atoms with Crippen molar-refractivity contribution in [3.8, 4) is 11.3 Å². The zero-order valence-electron chi connectivity index (χ0n) is 10.5. The van der Waals surface area contributed by atoms with Crippen LogP contribution in [0.4, 0.5) is 0 Å². The summed E-state index contributed by atoms with van der Waals surface area (Å²) in [7, 11) is 0. The van der Waals surface area contributed by atoms with Gasteiger partial charge in [-0.1, -0.05) is 24.3 Å². The van der Waals surface area contributed by atoms with E-state index in [1.54, 1.807) is 12.3 Å². The summed E-state index contributed by atoms with van der Waals surface area (Å²) < 4.78 is 5.42. The lowest BCUT2D eigenvalue weighted by Crippen LogP contribution is -2.02. The second kappa shape index (κ2) is 4.06. The van der Waals surface area contributed by atoms with Gasteiger partial charge < -0.3 is 4.42 Å². The molecular formula is C16H10N2O2. The van der Waals surface area contributed by atoms with E-state index in [-0.39, 0.29) is 5.63 Å². The molecule has 0 aliphatic rings. The molecule has 0 unspecified atom stereocenters. The number of rotatable bonds is 1. The van der Waals surface area contributed by atoms with E-state index in [9.17, 15) is 4.79 Å². The molecule has 4 nitrogen and oxygen atoms in total. The third-order valence-corrected chi connectivity index (χ3v) is 3.39. The van der Waals surface area contributed by atoms with Gasteiger partial charge in [-0.3, -0.25) is 5.10 Å². The summed E-state index contributed by atoms with van der Waals surface area (Å²) in [6.07, 6.45) is 1.61. The third kappa shape index (κ3) is 1.62. The lowest BCUT2D eigenvalue weighted by Gasteiger charge is -2.03. The number of hydrogen-bond acceptors (Lipinski definition) is 3. The fourth-order valence-corrected chi connectivity index (χ4v) is 2.40. The largest absolute Gasteiger partial charge is 0.422 e. The van der Waals surface area contributed by atoms with Gasteiger partial charge >= 0.3 is 5.63 Å². The van der Waals surface area contributed by atoms with Crippen molar-refractivity contribution in [3.05, 3.63) is 65.1 Å². The van der Waals surface area contributed by atoms with Crippen LogP contribution in [0.3, 0.4) is 0 Å². The maximum Gasteiger partial charge on any atom is 0.345 e. The van der Waals surface area contributed by atoms with E-state index >= 15 is 0 Å². The topological polar surface area (TPSA) is 58.9 Å². The van der Waals surface area contributed by atoms with Crippen molar-refractivity contribution < 1.29 is 4.42 Å². The third-order valence-electron chi connectivity index (χ3n) is 3.39. The Labute approximate surface area is 113 Å². The summed E-state index contributed by atoms with van der Waals surface area (Å²) in [4.78, 5) is 12.1. The Kier molecular flexibility index (Phi) is 2.23. The molecule has 20 heavy (non-hydrogen) atoms. The van der Waals surface area contributed by atoms with Gasteiger partial charge in [-0.2, -0.15) is 5.10 Å². The first-order valence-electron chi connectivity index (χ1n) is 6.28. The highest BCUT2D eigenvalue weighted by atomic mass is 16.4. The molecule has 2 aromatic heterocycles. The minimum atomic E-state index is -0.364. The molecule has 4 rings (SSSR count). The zero-order valence-corrected chi connectivity index (χ0v) is 10.5. The molecule has 96 valence electrons. The van der Waals surface area contributed by atoms with Crippen LogP contribution in [0.25, 0.3) is 33.0 Å². The number of aromatic amines is 1. The standard InChI is InChI=1S/C16H10N2O2/c19-16-13(14-5-6-17-18-14)8-12-7-10-3-1-2-4-11(10)9-15(12)20-16/h1-9H,(H,17,18).